The van der Waals surface area contributed by atoms with Gasteiger partial charge in [0, 0.05) is 5.92 Å². The lowest BCUT2D eigenvalue weighted by Gasteiger charge is -2.19. The van der Waals surface area contributed by atoms with Gasteiger partial charge in [-0.2, -0.15) is 0 Å². The molecule has 1 atom stereocenters. The SMILES string of the molecule is COc1ccc(C)cc1NC(=O)C(C)C1CCCC1. The number of rotatable bonds is 4. The Kier molecular flexibility index (Phi) is 4.46. The highest BCUT2D eigenvalue weighted by Gasteiger charge is 2.27. The number of anilines is 1. The Morgan fingerprint density at radius 1 is 1.37 bits per heavy atom. The number of nitrogens with one attached hydrogen (secondary N) is 1. The second kappa shape index (κ2) is 6.09. The summed E-state index contributed by atoms with van der Waals surface area (Å²) >= 11 is 0. The van der Waals surface area contributed by atoms with Gasteiger partial charge in [0.2, 0.25) is 5.91 Å². The molecule has 2 rings (SSSR count). The maximum Gasteiger partial charge on any atom is 0.227 e. The van der Waals surface area contributed by atoms with E-state index in [-0.39, 0.29) is 11.8 Å². The fourth-order valence-electron chi connectivity index (χ4n) is 2.84. The summed E-state index contributed by atoms with van der Waals surface area (Å²) in [6.45, 7) is 4.04. The highest BCUT2D eigenvalue weighted by molar-refractivity contribution is 5.94. The van der Waals surface area contributed by atoms with Gasteiger partial charge in [-0.3, -0.25) is 4.79 Å². The van der Waals surface area contributed by atoms with Gasteiger partial charge >= 0.3 is 0 Å². The summed E-state index contributed by atoms with van der Waals surface area (Å²) in [5.41, 5.74) is 1.89. The number of aryl methyl sites for hydroxylation is 1. The Morgan fingerprint density at radius 2 is 2.05 bits per heavy atom. The van der Waals surface area contributed by atoms with E-state index in [0.717, 1.165) is 17.0 Å². The van der Waals surface area contributed by atoms with Crippen molar-refractivity contribution in [3.05, 3.63) is 23.8 Å². The van der Waals surface area contributed by atoms with Crippen molar-refractivity contribution in [3.8, 4) is 5.75 Å². The van der Waals surface area contributed by atoms with Crippen molar-refractivity contribution in [2.45, 2.75) is 39.5 Å². The maximum absolute atomic E-state index is 12.3. The molecule has 1 saturated carbocycles. The van der Waals surface area contributed by atoms with Crippen molar-refractivity contribution in [2.24, 2.45) is 11.8 Å². The smallest absolute Gasteiger partial charge is 0.227 e. The molecule has 0 radical (unpaired) electrons. The summed E-state index contributed by atoms with van der Waals surface area (Å²) in [4.78, 5) is 12.3. The van der Waals surface area contributed by atoms with E-state index in [1.54, 1.807) is 7.11 Å². The lowest BCUT2D eigenvalue weighted by molar-refractivity contribution is -0.120. The van der Waals surface area contributed by atoms with Crippen LogP contribution in [0.25, 0.3) is 0 Å². The molecule has 1 fully saturated rings. The number of carbonyl (C=O) groups excluding carboxylic acids is 1. The van der Waals surface area contributed by atoms with Crippen LogP contribution in [0.3, 0.4) is 0 Å². The lowest BCUT2D eigenvalue weighted by atomic mass is 9.92. The topological polar surface area (TPSA) is 38.3 Å². The van der Waals surface area contributed by atoms with Gasteiger partial charge in [0.1, 0.15) is 5.75 Å². The van der Waals surface area contributed by atoms with Gasteiger partial charge in [-0.15, -0.1) is 0 Å². The molecule has 1 aliphatic carbocycles. The molecule has 104 valence electrons. The van der Waals surface area contributed by atoms with Crippen molar-refractivity contribution in [3.63, 3.8) is 0 Å². The summed E-state index contributed by atoms with van der Waals surface area (Å²) in [5.74, 6) is 1.44. The zero-order chi connectivity index (χ0) is 13.8. The average molecular weight is 261 g/mol. The number of methoxy groups -OCH3 is 1. The van der Waals surface area contributed by atoms with Gasteiger partial charge in [-0.1, -0.05) is 25.8 Å². The van der Waals surface area contributed by atoms with Gasteiger partial charge < -0.3 is 10.1 Å². The second-order valence-electron chi connectivity index (χ2n) is 5.53. The highest BCUT2D eigenvalue weighted by Crippen LogP contribution is 2.33. The maximum atomic E-state index is 12.3. The summed E-state index contributed by atoms with van der Waals surface area (Å²) in [6, 6.07) is 5.83. The van der Waals surface area contributed by atoms with Crippen molar-refractivity contribution < 1.29 is 9.53 Å². The Morgan fingerprint density at radius 3 is 2.68 bits per heavy atom. The Labute approximate surface area is 115 Å². The van der Waals surface area contributed by atoms with Crippen molar-refractivity contribution in [1.29, 1.82) is 0 Å². The monoisotopic (exact) mass is 261 g/mol. The van der Waals surface area contributed by atoms with E-state index in [0.29, 0.717) is 5.92 Å². The first-order valence-corrected chi connectivity index (χ1v) is 7.07. The molecule has 0 spiro atoms. The number of ether oxygens (including phenoxy) is 1. The van der Waals surface area contributed by atoms with Crippen LogP contribution in [0.2, 0.25) is 0 Å². The predicted octanol–water partition coefficient (Wildman–Crippen LogP) is 3.77. The van der Waals surface area contributed by atoms with Crippen LogP contribution in [0.15, 0.2) is 18.2 Å². The summed E-state index contributed by atoms with van der Waals surface area (Å²) in [6.07, 6.45) is 4.88. The van der Waals surface area contributed by atoms with Crippen LogP contribution >= 0.6 is 0 Å². The fourth-order valence-corrected chi connectivity index (χ4v) is 2.84. The van der Waals surface area contributed by atoms with Gasteiger partial charge in [-0.25, -0.2) is 0 Å². The first-order valence-electron chi connectivity index (χ1n) is 7.07. The normalized spacial score (nSPS) is 17.2. The van der Waals surface area contributed by atoms with Gasteiger partial charge in [-0.05, 0) is 43.4 Å². The third kappa shape index (κ3) is 3.28. The molecule has 19 heavy (non-hydrogen) atoms. The van der Waals surface area contributed by atoms with Crippen molar-refractivity contribution >= 4 is 11.6 Å². The van der Waals surface area contributed by atoms with Crippen molar-refractivity contribution in [1.82, 2.24) is 0 Å². The highest BCUT2D eigenvalue weighted by atomic mass is 16.5. The van der Waals surface area contributed by atoms with Crippen LogP contribution in [0.5, 0.6) is 5.75 Å². The van der Waals surface area contributed by atoms with E-state index < -0.39 is 0 Å². The van der Waals surface area contributed by atoms with E-state index >= 15 is 0 Å². The average Bonchev–Trinajstić information content (AvgIpc) is 2.92. The van der Waals surface area contributed by atoms with Gasteiger partial charge in [0.05, 0.1) is 12.8 Å². The minimum Gasteiger partial charge on any atom is -0.495 e. The molecule has 3 heteroatoms. The Balaban J connectivity index is 2.07. The molecule has 1 unspecified atom stereocenters. The third-order valence-corrected chi connectivity index (χ3v) is 4.13. The molecule has 0 heterocycles. The van der Waals surface area contributed by atoms with Crippen LogP contribution in [0.1, 0.15) is 38.2 Å². The van der Waals surface area contributed by atoms with E-state index in [2.05, 4.69) is 5.32 Å². The molecular formula is C16H23NO2. The zero-order valence-corrected chi connectivity index (χ0v) is 12.0. The molecular weight excluding hydrogens is 238 g/mol. The number of hydrogen-bond acceptors (Lipinski definition) is 2. The van der Waals surface area contributed by atoms with Crippen LogP contribution in [0, 0.1) is 18.8 Å². The molecule has 1 aliphatic rings. The Bertz CT molecular complexity index is 450. The molecule has 0 saturated heterocycles. The van der Waals surface area contributed by atoms with Crippen LogP contribution in [0.4, 0.5) is 5.69 Å². The molecule has 1 N–H and O–H groups in total. The zero-order valence-electron chi connectivity index (χ0n) is 12.0. The quantitative estimate of drug-likeness (QED) is 0.896. The van der Waals surface area contributed by atoms with Crippen LogP contribution < -0.4 is 10.1 Å². The Hall–Kier alpha value is -1.51. The molecule has 1 aromatic carbocycles. The van der Waals surface area contributed by atoms with E-state index in [1.165, 1.54) is 25.7 Å². The number of amides is 1. The molecule has 3 nitrogen and oxygen atoms in total. The number of carbonyl (C=O) groups is 1. The standard InChI is InChI=1S/C16H23NO2/c1-11-8-9-15(19-3)14(10-11)17-16(18)12(2)13-6-4-5-7-13/h8-10,12-13H,4-7H2,1-3H3,(H,17,18). The van der Waals surface area contributed by atoms with E-state index in [4.69, 9.17) is 4.74 Å². The largest absolute Gasteiger partial charge is 0.495 e. The molecule has 0 aromatic heterocycles. The minimum absolute atomic E-state index is 0.0766. The molecule has 0 bridgehead atoms. The number of benzene rings is 1. The molecule has 1 amide bonds. The minimum atomic E-state index is 0.0766. The van der Waals surface area contributed by atoms with Crippen LogP contribution in [-0.4, -0.2) is 13.0 Å². The second-order valence-corrected chi connectivity index (χ2v) is 5.53. The van der Waals surface area contributed by atoms with Crippen molar-refractivity contribution in [2.75, 3.05) is 12.4 Å². The first-order chi connectivity index (χ1) is 9.11. The van der Waals surface area contributed by atoms with E-state index in [1.807, 2.05) is 32.0 Å². The first kappa shape index (κ1) is 13.9. The summed E-state index contributed by atoms with van der Waals surface area (Å²) in [7, 11) is 1.63. The van der Waals surface area contributed by atoms with E-state index in [9.17, 15) is 4.79 Å². The third-order valence-electron chi connectivity index (χ3n) is 4.13. The van der Waals surface area contributed by atoms with Gasteiger partial charge in [0.25, 0.3) is 0 Å². The summed E-state index contributed by atoms with van der Waals surface area (Å²) < 4.78 is 5.29. The molecule has 1 aromatic rings. The molecule has 0 aliphatic heterocycles. The fraction of sp³-hybridized carbons (Fsp3) is 0.562. The van der Waals surface area contributed by atoms with Crippen LogP contribution in [-0.2, 0) is 4.79 Å². The lowest BCUT2D eigenvalue weighted by Crippen LogP contribution is -2.26. The predicted molar refractivity (Wildman–Crippen MR) is 77.5 cm³/mol. The summed E-state index contributed by atoms with van der Waals surface area (Å²) in [5, 5.41) is 3.02. The van der Waals surface area contributed by atoms with Gasteiger partial charge in [0.15, 0.2) is 0 Å². The number of hydrogen-bond donors (Lipinski definition) is 1.